The van der Waals surface area contributed by atoms with Crippen molar-refractivity contribution in [2.24, 2.45) is 13.0 Å². The van der Waals surface area contributed by atoms with Gasteiger partial charge in [-0.15, -0.1) is 0 Å². The zero-order chi connectivity index (χ0) is 17.3. The summed E-state index contributed by atoms with van der Waals surface area (Å²) in [7, 11) is -2.09. The molecule has 1 aromatic rings. The zero-order valence-corrected chi connectivity index (χ0v) is 15.2. The second kappa shape index (κ2) is 6.84. The predicted octanol–water partition coefficient (Wildman–Crippen LogP) is 1.51. The van der Waals surface area contributed by atoms with Crippen LogP contribution >= 0.6 is 0 Å². The summed E-state index contributed by atoms with van der Waals surface area (Å²) in [5, 5.41) is 6.94. The quantitative estimate of drug-likeness (QED) is 0.888. The Morgan fingerprint density at radius 3 is 2.46 bits per heavy atom. The standard InChI is InChI=1S/C16H26N4O3S/c1-12-7-9-20(10-8-12)24(22,23)16-14(11-19(2)18-16)15(21)17-13-5-3-4-6-13/h11-13H,3-10H2,1-2H3,(H,17,21). The van der Waals surface area contributed by atoms with Crippen LogP contribution in [0.3, 0.4) is 0 Å². The number of hydrogen-bond donors (Lipinski definition) is 1. The topological polar surface area (TPSA) is 84.3 Å². The third-order valence-electron chi connectivity index (χ3n) is 5.06. The van der Waals surface area contributed by atoms with Crippen LogP contribution in [0.1, 0.15) is 55.8 Å². The summed E-state index contributed by atoms with van der Waals surface area (Å²) < 4.78 is 28.7. The Labute approximate surface area is 143 Å². The van der Waals surface area contributed by atoms with Crippen LogP contribution in [0.15, 0.2) is 11.2 Å². The molecular formula is C16H26N4O3S. The van der Waals surface area contributed by atoms with Crippen molar-refractivity contribution in [3.8, 4) is 0 Å². The van der Waals surface area contributed by atoms with Gasteiger partial charge in [-0.05, 0) is 31.6 Å². The highest BCUT2D eigenvalue weighted by molar-refractivity contribution is 7.89. The van der Waals surface area contributed by atoms with Crippen LogP contribution in [-0.2, 0) is 17.1 Å². The van der Waals surface area contributed by atoms with E-state index in [9.17, 15) is 13.2 Å². The highest BCUT2D eigenvalue weighted by Crippen LogP contribution is 2.25. The predicted molar refractivity (Wildman–Crippen MR) is 90.1 cm³/mol. The average Bonchev–Trinajstić information content (AvgIpc) is 3.17. The number of piperidine rings is 1. The molecule has 1 saturated heterocycles. The molecule has 2 heterocycles. The molecule has 0 spiro atoms. The molecule has 1 amide bonds. The number of carbonyl (C=O) groups excluding carboxylic acids is 1. The van der Waals surface area contributed by atoms with Crippen LogP contribution in [0.5, 0.6) is 0 Å². The Kier molecular flexibility index (Phi) is 4.96. The van der Waals surface area contributed by atoms with Crippen LogP contribution in [0.25, 0.3) is 0 Å². The number of aromatic nitrogens is 2. The molecule has 0 aromatic carbocycles. The van der Waals surface area contributed by atoms with E-state index in [1.54, 1.807) is 7.05 Å². The SMILES string of the molecule is CC1CCN(S(=O)(=O)c2nn(C)cc2C(=O)NC2CCCC2)CC1. The Morgan fingerprint density at radius 2 is 1.83 bits per heavy atom. The smallest absolute Gasteiger partial charge is 0.263 e. The second-order valence-corrected chi connectivity index (χ2v) is 8.92. The lowest BCUT2D eigenvalue weighted by atomic mass is 10.0. The summed E-state index contributed by atoms with van der Waals surface area (Å²) in [6, 6.07) is 0.143. The van der Waals surface area contributed by atoms with Gasteiger partial charge in [0, 0.05) is 32.4 Å². The highest BCUT2D eigenvalue weighted by Gasteiger charge is 2.34. The van der Waals surface area contributed by atoms with E-state index in [0.717, 1.165) is 38.5 Å². The number of amides is 1. The first-order valence-electron chi connectivity index (χ1n) is 8.72. The van der Waals surface area contributed by atoms with E-state index in [1.807, 2.05) is 0 Å². The number of carbonyl (C=O) groups is 1. The third-order valence-corrected chi connectivity index (χ3v) is 6.89. The van der Waals surface area contributed by atoms with E-state index in [0.29, 0.717) is 19.0 Å². The van der Waals surface area contributed by atoms with Crippen molar-refractivity contribution < 1.29 is 13.2 Å². The van der Waals surface area contributed by atoms with Gasteiger partial charge in [0.15, 0.2) is 0 Å². The number of rotatable bonds is 4. The van der Waals surface area contributed by atoms with Crippen molar-refractivity contribution in [3.63, 3.8) is 0 Å². The largest absolute Gasteiger partial charge is 0.349 e. The van der Waals surface area contributed by atoms with E-state index < -0.39 is 10.0 Å². The van der Waals surface area contributed by atoms with Crippen molar-refractivity contribution in [1.82, 2.24) is 19.4 Å². The molecule has 134 valence electrons. The third kappa shape index (κ3) is 3.49. The first-order chi connectivity index (χ1) is 11.4. The summed E-state index contributed by atoms with van der Waals surface area (Å²) in [6.45, 7) is 3.11. The fourth-order valence-electron chi connectivity index (χ4n) is 3.50. The Hall–Kier alpha value is -1.41. The number of nitrogens with zero attached hydrogens (tertiary/aromatic N) is 3. The molecule has 0 atom stereocenters. The molecule has 0 unspecified atom stereocenters. The number of nitrogens with one attached hydrogen (secondary N) is 1. The molecule has 1 aliphatic heterocycles. The van der Waals surface area contributed by atoms with E-state index in [-0.39, 0.29) is 22.5 Å². The minimum atomic E-state index is -3.73. The maximum atomic E-state index is 12.9. The van der Waals surface area contributed by atoms with Crippen LogP contribution in [0.4, 0.5) is 0 Å². The van der Waals surface area contributed by atoms with Gasteiger partial charge in [-0.2, -0.15) is 9.40 Å². The van der Waals surface area contributed by atoms with Gasteiger partial charge in [0.1, 0.15) is 0 Å². The fourth-order valence-corrected chi connectivity index (χ4v) is 5.09. The maximum absolute atomic E-state index is 12.9. The summed E-state index contributed by atoms with van der Waals surface area (Å²) in [5.74, 6) is 0.198. The summed E-state index contributed by atoms with van der Waals surface area (Å²) in [6.07, 6.45) is 7.31. The van der Waals surface area contributed by atoms with Gasteiger partial charge in [-0.1, -0.05) is 19.8 Å². The van der Waals surface area contributed by atoms with Crippen molar-refractivity contribution in [2.45, 2.75) is 56.5 Å². The average molecular weight is 354 g/mol. The molecule has 1 saturated carbocycles. The molecule has 0 bridgehead atoms. The number of aryl methyl sites for hydroxylation is 1. The van der Waals surface area contributed by atoms with Crippen LogP contribution in [0, 0.1) is 5.92 Å². The number of hydrogen-bond acceptors (Lipinski definition) is 4. The molecule has 1 aliphatic carbocycles. The molecule has 0 radical (unpaired) electrons. The molecule has 8 heteroatoms. The van der Waals surface area contributed by atoms with Gasteiger partial charge in [0.05, 0.1) is 5.56 Å². The van der Waals surface area contributed by atoms with Gasteiger partial charge in [0.2, 0.25) is 5.03 Å². The Balaban J connectivity index is 1.83. The normalized spacial score (nSPS) is 21.2. The fraction of sp³-hybridized carbons (Fsp3) is 0.750. The van der Waals surface area contributed by atoms with Crippen molar-refractivity contribution in [1.29, 1.82) is 0 Å². The lowest BCUT2D eigenvalue weighted by Crippen LogP contribution is -2.39. The minimum Gasteiger partial charge on any atom is -0.349 e. The first-order valence-corrected chi connectivity index (χ1v) is 10.2. The second-order valence-electron chi connectivity index (χ2n) is 7.06. The van der Waals surface area contributed by atoms with E-state index in [1.165, 1.54) is 15.2 Å². The van der Waals surface area contributed by atoms with Crippen LogP contribution < -0.4 is 5.32 Å². The molecule has 7 nitrogen and oxygen atoms in total. The summed E-state index contributed by atoms with van der Waals surface area (Å²) in [5.41, 5.74) is 0.156. The molecule has 1 aromatic heterocycles. The molecular weight excluding hydrogens is 328 g/mol. The van der Waals surface area contributed by atoms with Gasteiger partial charge in [-0.3, -0.25) is 9.48 Å². The molecule has 3 rings (SSSR count). The molecule has 24 heavy (non-hydrogen) atoms. The summed E-state index contributed by atoms with van der Waals surface area (Å²) in [4.78, 5) is 12.6. The summed E-state index contributed by atoms with van der Waals surface area (Å²) >= 11 is 0. The van der Waals surface area contributed by atoms with Gasteiger partial charge in [0.25, 0.3) is 15.9 Å². The Bertz CT molecular complexity index is 699. The lowest BCUT2D eigenvalue weighted by molar-refractivity contribution is 0.0934. The first kappa shape index (κ1) is 17.4. The molecule has 2 aliphatic rings. The highest BCUT2D eigenvalue weighted by atomic mass is 32.2. The van der Waals surface area contributed by atoms with E-state index in [4.69, 9.17) is 0 Å². The lowest BCUT2D eigenvalue weighted by Gasteiger charge is -2.28. The zero-order valence-electron chi connectivity index (χ0n) is 14.4. The van der Waals surface area contributed by atoms with Crippen molar-refractivity contribution in [2.75, 3.05) is 13.1 Å². The van der Waals surface area contributed by atoms with Crippen molar-refractivity contribution >= 4 is 15.9 Å². The van der Waals surface area contributed by atoms with Crippen molar-refractivity contribution in [3.05, 3.63) is 11.8 Å². The van der Waals surface area contributed by atoms with Gasteiger partial charge >= 0.3 is 0 Å². The van der Waals surface area contributed by atoms with Gasteiger partial charge < -0.3 is 5.32 Å². The monoisotopic (exact) mass is 354 g/mol. The van der Waals surface area contributed by atoms with Gasteiger partial charge in [-0.25, -0.2) is 8.42 Å². The van der Waals surface area contributed by atoms with Crippen LogP contribution in [-0.4, -0.2) is 47.5 Å². The van der Waals surface area contributed by atoms with E-state index in [2.05, 4.69) is 17.3 Å². The Morgan fingerprint density at radius 1 is 1.21 bits per heavy atom. The number of sulfonamides is 1. The minimum absolute atomic E-state index is 0.116. The molecule has 1 N–H and O–H groups in total. The molecule has 2 fully saturated rings. The van der Waals surface area contributed by atoms with Crippen LogP contribution in [0.2, 0.25) is 0 Å². The van der Waals surface area contributed by atoms with E-state index >= 15 is 0 Å². The maximum Gasteiger partial charge on any atom is 0.263 e.